The molecular weight excluding hydrogens is 767 g/mol. The van der Waals surface area contributed by atoms with E-state index >= 15 is 0 Å². The number of hydrogen-bond donors (Lipinski definition) is 2. The van der Waals surface area contributed by atoms with Crippen LogP contribution in [0.3, 0.4) is 0 Å². The molecule has 2 fully saturated rings. The molecule has 0 aliphatic heterocycles. The zero-order valence-electron chi connectivity index (χ0n) is 14.5. The highest BCUT2D eigenvalue weighted by molar-refractivity contribution is 6.75. The van der Waals surface area contributed by atoms with Crippen LogP contribution in [0.4, 0.5) is 0 Å². The molecule has 4 N–H and O–H groups in total. The van der Waals surface area contributed by atoms with Crippen LogP contribution in [-0.4, -0.2) is 51.5 Å². The van der Waals surface area contributed by atoms with Crippen molar-refractivity contribution in [3.05, 3.63) is 0 Å². The first-order valence-corrected chi connectivity index (χ1v) is 13.8. The number of Topliss-reactive ketones (excluding diaryl/α,β-unsaturated/α-hetero) is 1. The van der Waals surface area contributed by atoms with Crippen LogP contribution in [0.15, 0.2) is 0 Å². The minimum Gasteiger partial charge on any atom is -0.308 e. The SMILES string of the molecule is NC1(Cl)C(Cl)(Cl)CC(Cl)(C(=O)C2(Cl)CC(Cl)(Cl)C(N)(Cl)C(Cl)(Cl)C2(Cl)Cl)C(Cl)(Cl)C1(Cl)Cl. The summed E-state index contributed by atoms with van der Waals surface area (Å²) < 4.78 is -15.6. The summed E-state index contributed by atoms with van der Waals surface area (Å²) in [6, 6.07) is 0. The van der Waals surface area contributed by atoms with Crippen molar-refractivity contribution in [3.63, 3.8) is 0 Å². The van der Waals surface area contributed by atoms with Gasteiger partial charge in [0.15, 0.2) is 41.8 Å². The second kappa shape index (κ2) is 8.61. The lowest BCUT2D eigenvalue weighted by Gasteiger charge is -2.62. The second-order valence-corrected chi connectivity index (χ2v) is 18.2. The standard InChI is InChI=1S/C13H8Cl16N2O/c14-4(1-6(16,17)12(28,30)10(24,25)8(4,20)21)3(32)5(15)2-7(18,19)13(29,31)11(26,27)9(5,22)23/h1-2,30-31H2. The molecule has 19 heteroatoms. The van der Waals surface area contributed by atoms with E-state index < -0.39 is 64.4 Å². The van der Waals surface area contributed by atoms with E-state index in [4.69, 9.17) is 197 Å². The molecule has 2 rings (SSSR count). The molecule has 0 aromatic carbocycles. The van der Waals surface area contributed by atoms with Gasteiger partial charge < -0.3 is 11.5 Å². The van der Waals surface area contributed by atoms with Crippen molar-refractivity contribution in [2.75, 3.05) is 0 Å². The summed E-state index contributed by atoms with van der Waals surface area (Å²) in [6.45, 7) is 0. The maximum atomic E-state index is 14.0. The second-order valence-electron chi connectivity index (χ2n) is 7.42. The van der Waals surface area contributed by atoms with Gasteiger partial charge >= 0.3 is 0 Å². The number of nitrogens with two attached hydrogens (primary N) is 2. The van der Waals surface area contributed by atoms with Gasteiger partial charge in [0, 0.05) is 12.8 Å². The average molecular weight is 775 g/mol. The van der Waals surface area contributed by atoms with Crippen molar-refractivity contribution in [2.24, 2.45) is 11.5 Å². The highest BCUT2D eigenvalue weighted by Crippen LogP contribution is 2.73. The summed E-state index contributed by atoms with van der Waals surface area (Å²) in [7, 11) is 0. The van der Waals surface area contributed by atoms with Crippen molar-refractivity contribution in [2.45, 2.75) is 58.6 Å². The molecule has 3 nitrogen and oxygen atoms in total. The molecule has 4 unspecified atom stereocenters. The Kier molecular flexibility index (Phi) is 8.73. The summed E-state index contributed by atoms with van der Waals surface area (Å²) in [5.74, 6) is -1.39. The Morgan fingerprint density at radius 1 is 0.469 bits per heavy atom. The first kappa shape index (κ1) is 32.4. The minimum absolute atomic E-state index is 0.889. The van der Waals surface area contributed by atoms with Gasteiger partial charge in [-0.3, -0.25) is 4.79 Å². The number of carbonyl (C=O) groups is 1. The monoisotopic (exact) mass is 768 g/mol. The molecule has 0 radical (unpaired) electrons. The lowest BCUT2D eigenvalue weighted by molar-refractivity contribution is -0.127. The van der Waals surface area contributed by atoms with Gasteiger partial charge in [0.25, 0.3) is 0 Å². The number of hydrogen-bond acceptors (Lipinski definition) is 3. The number of carbonyl (C=O) groups excluding carboxylic acids is 1. The molecule has 2 saturated carbocycles. The highest BCUT2D eigenvalue weighted by atomic mass is 35.6. The van der Waals surface area contributed by atoms with Gasteiger partial charge in [-0.2, -0.15) is 0 Å². The summed E-state index contributed by atoms with van der Waals surface area (Å²) in [4.78, 5) is 3.66. The predicted molar refractivity (Wildman–Crippen MR) is 144 cm³/mol. The summed E-state index contributed by atoms with van der Waals surface area (Å²) in [6.07, 6.45) is -1.78. The fourth-order valence-corrected chi connectivity index (χ4v) is 9.65. The zero-order valence-corrected chi connectivity index (χ0v) is 26.6. The van der Waals surface area contributed by atoms with Gasteiger partial charge in [0.05, 0.1) is 0 Å². The molecule has 32 heavy (non-hydrogen) atoms. The normalized spacial score (nSPS) is 45.8. The molecule has 4 atom stereocenters. The minimum atomic E-state index is -2.75. The van der Waals surface area contributed by atoms with Crippen LogP contribution in [-0.2, 0) is 4.79 Å². The maximum Gasteiger partial charge on any atom is 0.187 e. The molecule has 0 saturated heterocycles. The van der Waals surface area contributed by atoms with Crippen LogP contribution in [0.2, 0.25) is 0 Å². The van der Waals surface area contributed by atoms with Crippen molar-refractivity contribution in [3.8, 4) is 0 Å². The Bertz CT molecular complexity index is 772. The van der Waals surface area contributed by atoms with Gasteiger partial charge in [-0.05, 0) is 0 Å². The van der Waals surface area contributed by atoms with Crippen molar-refractivity contribution in [1.29, 1.82) is 0 Å². The molecule has 0 aromatic heterocycles. The Hall–Kier alpha value is 4.23. The Morgan fingerprint density at radius 2 is 0.688 bits per heavy atom. The topological polar surface area (TPSA) is 69.1 Å². The van der Waals surface area contributed by atoms with Crippen molar-refractivity contribution in [1.82, 2.24) is 0 Å². The van der Waals surface area contributed by atoms with E-state index in [9.17, 15) is 4.79 Å². The van der Waals surface area contributed by atoms with Crippen LogP contribution < -0.4 is 11.5 Å². The van der Waals surface area contributed by atoms with Gasteiger partial charge in [-0.1, -0.05) is 162 Å². The van der Waals surface area contributed by atoms with Crippen molar-refractivity contribution >= 4 is 191 Å². The highest BCUT2D eigenvalue weighted by Gasteiger charge is 2.86. The largest absolute Gasteiger partial charge is 0.308 e. The van der Waals surface area contributed by atoms with Crippen LogP contribution in [0, 0.1) is 0 Å². The fourth-order valence-electron chi connectivity index (χ4n) is 3.26. The quantitative estimate of drug-likeness (QED) is 0.220. The van der Waals surface area contributed by atoms with E-state index in [0.29, 0.717) is 0 Å². The van der Waals surface area contributed by atoms with Gasteiger partial charge in [0.1, 0.15) is 9.75 Å². The van der Waals surface area contributed by atoms with E-state index in [1.807, 2.05) is 0 Å². The van der Waals surface area contributed by atoms with Crippen LogP contribution in [0.1, 0.15) is 12.8 Å². The molecule has 0 aromatic rings. The lowest BCUT2D eigenvalue weighted by Crippen LogP contribution is -2.83. The Labute approximate surface area is 263 Å². The number of rotatable bonds is 2. The van der Waals surface area contributed by atoms with Crippen molar-refractivity contribution < 1.29 is 4.79 Å². The average Bonchev–Trinajstić information content (AvgIpc) is 2.56. The number of alkyl halides is 16. The molecule has 2 aliphatic rings. The van der Waals surface area contributed by atoms with E-state index in [0.717, 1.165) is 0 Å². The summed E-state index contributed by atoms with van der Waals surface area (Å²) in [5.41, 5.74) is 11.8. The third-order valence-electron chi connectivity index (χ3n) is 5.41. The number of halogens is 16. The van der Waals surface area contributed by atoms with Gasteiger partial charge in [0.2, 0.25) is 0 Å². The van der Waals surface area contributed by atoms with Crippen LogP contribution >= 0.6 is 186 Å². The molecule has 0 spiro atoms. The van der Waals surface area contributed by atoms with E-state index in [1.165, 1.54) is 0 Å². The van der Waals surface area contributed by atoms with Crippen LogP contribution in [0.5, 0.6) is 0 Å². The predicted octanol–water partition coefficient (Wildman–Crippen LogP) is 8.15. The van der Waals surface area contributed by atoms with Gasteiger partial charge in [-0.15, -0.1) is 23.2 Å². The summed E-state index contributed by atoms with van der Waals surface area (Å²) in [5, 5.41) is 0. The smallest absolute Gasteiger partial charge is 0.187 e. The Balaban J connectivity index is 2.82. The van der Waals surface area contributed by atoms with E-state index in [1.54, 1.807) is 0 Å². The molecule has 0 amide bonds. The zero-order chi connectivity index (χ0) is 26.0. The maximum absolute atomic E-state index is 14.0. The van der Waals surface area contributed by atoms with E-state index in [2.05, 4.69) is 0 Å². The first-order valence-electron chi connectivity index (χ1n) is 7.72. The van der Waals surface area contributed by atoms with Crippen LogP contribution in [0.25, 0.3) is 0 Å². The molecule has 188 valence electrons. The first-order chi connectivity index (χ1) is 13.6. The molecule has 0 bridgehead atoms. The third kappa shape index (κ3) is 3.76. The molecule has 2 aliphatic carbocycles. The summed E-state index contributed by atoms with van der Waals surface area (Å²) >= 11 is 101. The molecule has 0 heterocycles. The Morgan fingerprint density at radius 3 is 0.906 bits per heavy atom. The van der Waals surface area contributed by atoms with E-state index in [-0.39, 0.29) is 0 Å². The number of ketones is 1. The third-order valence-corrected chi connectivity index (χ3v) is 16.2. The molecular formula is C13H8Cl16N2O. The van der Waals surface area contributed by atoms with Gasteiger partial charge in [-0.25, -0.2) is 0 Å². The lowest BCUT2D eigenvalue weighted by atomic mass is 9.71. The fraction of sp³-hybridized carbons (Fsp3) is 0.923.